The number of aromatic amines is 1. The number of anilines is 1. The van der Waals surface area contributed by atoms with Gasteiger partial charge in [0.2, 0.25) is 5.95 Å². The summed E-state index contributed by atoms with van der Waals surface area (Å²) in [6.07, 6.45) is 1.91. The number of fused-ring (bicyclic) bond motifs is 1. The van der Waals surface area contributed by atoms with Gasteiger partial charge >= 0.3 is 0 Å². The molecule has 7 heteroatoms. The molecule has 0 aliphatic carbocycles. The Morgan fingerprint density at radius 2 is 1.73 bits per heavy atom. The van der Waals surface area contributed by atoms with Crippen LogP contribution in [0.25, 0.3) is 27.0 Å². The van der Waals surface area contributed by atoms with Crippen LogP contribution >= 0.6 is 0 Å². The first-order valence-corrected chi connectivity index (χ1v) is 10.9. The van der Waals surface area contributed by atoms with Crippen LogP contribution in [0, 0.1) is 18.2 Å². The predicted octanol–water partition coefficient (Wildman–Crippen LogP) is 5.79. The first-order valence-electron chi connectivity index (χ1n) is 10.9. The lowest BCUT2D eigenvalue weighted by molar-refractivity contribution is 0.322. The van der Waals surface area contributed by atoms with Crippen molar-refractivity contribution in [3.05, 3.63) is 89.3 Å². The van der Waals surface area contributed by atoms with E-state index >= 15 is 0 Å². The molecule has 166 valence electrons. The maximum absolute atomic E-state index is 13.5. The molecule has 0 saturated carbocycles. The zero-order valence-corrected chi connectivity index (χ0v) is 18.0. The van der Waals surface area contributed by atoms with Crippen molar-refractivity contribution < 1.29 is 8.78 Å². The Bertz CT molecular complexity index is 1290. The average Bonchev–Trinajstić information content (AvgIpc) is 3.25. The molecule has 1 fully saturated rings. The highest BCUT2D eigenvalue weighted by molar-refractivity contribution is 5.77. The van der Waals surface area contributed by atoms with Gasteiger partial charge in [-0.15, -0.1) is 0 Å². The van der Waals surface area contributed by atoms with E-state index < -0.39 is 11.6 Å². The van der Waals surface area contributed by atoms with E-state index in [9.17, 15) is 8.78 Å². The SMILES string of the molecule is [C-]#[N+]c1cccc(-c2ccc(C3(CNc4nc5cc(F)c(F)cc5[nH]4)CCNCC3)cc2)c1. The number of hydrogen-bond acceptors (Lipinski definition) is 3. The van der Waals surface area contributed by atoms with Crippen molar-refractivity contribution in [2.45, 2.75) is 18.3 Å². The number of hydrogen-bond donors (Lipinski definition) is 3. The fraction of sp³-hybridized carbons (Fsp3) is 0.231. The summed E-state index contributed by atoms with van der Waals surface area (Å²) >= 11 is 0. The number of aromatic nitrogens is 2. The Labute approximate surface area is 190 Å². The molecule has 0 bridgehead atoms. The third-order valence-electron chi connectivity index (χ3n) is 6.48. The fourth-order valence-electron chi connectivity index (χ4n) is 4.59. The smallest absolute Gasteiger partial charge is 0.201 e. The standard InChI is InChI=1S/C26H23F2N5/c1-29-20-4-2-3-18(13-20)17-5-7-19(8-6-17)26(9-11-30-12-10-26)16-31-25-32-23-14-21(27)22(28)15-24(23)33-25/h2-8,13-15,30H,9-12,16H2,(H2,31,32,33). The topological polar surface area (TPSA) is 57.1 Å². The van der Waals surface area contributed by atoms with Gasteiger partial charge in [0.1, 0.15) is 0 Å². The number of imidazole rings is 1. The van der Waals surface area contributed by atoms with Crippen LogP contribution in [0.5, 0.6) is 0 Å². The molecule has 5 nitrogen and oxygen atoms in total. The highest BCUT2D eigenvalue weighted by atomic mass is 19.2. The summed E-state index contributed by atoms with van der Waals surface area (Å²) in [7, 11) is 0. The summed E-state index contributed by atoms with van der Waals surface area (Å²) in [4.78, 5) is 10.9. The number of nitrogens with one attached hydrogen (secondary N) is 3. The normalized spacial score (nSPS) is 15.3. The summed E-state index contributed by atoms with van der Waals surface area (Å²) in [5.74, 6) is -1.30. The molecule has 5 rings (SSSR count). The second-order valence-electron chi connectivity index (χ2n) is 8.49. The van der Waals surface area contributed by atoms with Crippen LogP contribution in [0.15, 0.2) is 60.7 Å². The molecule has 0 unspecified atom stereocenters. The van der Waals surface area contributed by atoms with Crippen LogP contribution in [0.1, 0.15) is 18.4 Å². The Morgan fingerprint density at radius 3 is 2.48 bits per heavy atom. The number of rotatable bonds is 5. The van der Waals surface area contributed by atoms with E-state index in [0.29, 0.717) is 29.2 Å². The van der Waals surface area contributed by atoms with Crippen molar-refractivity contribution >= 4 is 22.7 Å². The van der Waals surface area contributed by atoms with E-state index in [2.05, 4.69) is 49.7 Å². The van der Waals surface area contributed by atoms with Gasteiger partial charge in [-0.25, -0.2) is 18.6 Å². The summed E-state index contributed by atoms with van der Waals surface area (Å²) in [6.45, 7) is 9.70. The molecule has 1 aliphatic rings. The molecule has 1 saturated heterocycles. The van der Waals surface area contributed by atoms with Crippen LogP contribution < -0.4 is 10.6 Å². The van der Waals surface area contributed by atoms with E-state index in [4.69, 9.17) is 6.57 Å². The molecule has 0 radical (unpaired) electrons. The summed E-state index contributed by atoms with van der Waals surface area (Å²) in [5, 5.41) is 6.80. The van der Waals surface area contributed by atoms with E-state index in [1.54, 1.807) is 6.07 Å². The quantitative estimate of drug-likeness (QED) is 0.342. The van der Waals surface area contributed by atoms with Gasteiger partial charge in [-0.1, -0.05) is 42.5 Å². The summed E-state index contributed by atoms with van der Waals surface area (Å²) < 4.78 is 27.1. The largest absolute Gasteiger partial charge is 0.355 e. The minimum absolute atomic E-state index is 0.0996. The Kier molecular flexibility index (Phi) is 5.53. The average molecular weight is 444 g/mol. The lowest BCUT2D eigenvalue weighted by Crippen LogP contribution is -2.44. The van der Waals surface area contributed by atoms with E-state index in [1.165, 1.54) is 5.56 Å². The molecule has 33 heavy (non-hydrogen) atoms. The van der Waals surface area contributed by atoms with Gasteiger partial charge in [0.15, 0.2) is 17.3 Å². The minimum Gasteiger partial charge on any atom is -0.355 e. The zero-order chi connectivity index (χ0) is 22.8. The first-order chi connectivity index (χ1) is 16.1. The molecule has 3 aromatic carbocycles. The third-order valence-corrected chi connectivity index (χ3v) is 6.48. The molecule has 2 heterocycles. The van der Waals surface area contributed by atoms with E-state index in [1.807, 2.05) is 18.2 Å². The summed E-state index contributed by atoms with van der Waals surface area (Å²) in [6, 6.07) is 18.4. The van der Waals surface area contributed by atoms with Gasteiger partial charge in [-0.05, 0) is 48.7 Å². The van der Waals surface area contributed by atoms with Crippen LogP contribution in [0.3, 0.4) is 0 Å². The predicted molar refractivity (Wildman–Crippen MR) is 126 cm³/mol. The Hall–Kier alpha value is -3.76. The van der Waals surface area contributed by atoms with Crippen LogP contribution in [0.4, 0.5) is 20.4 Å². The number of piperidine rings is 1. The first kappa shape index (κ1) is 21.1. The summed E-state index contributed by atoms with van der Waals surface area (Å²) in [5.41, 5.74) is 4.70. The number of halogens is 2. The monoisotopic (exact) mass is 443 g/mol. The molecule has 0 spiro atoms. The number of benzene rings is 3. The van der Waals surface area contributed by atoms with E-state index in [-0.39, 0.29) is 5.41 Å². The molecule has 4 aromatic rings. The van der Waals surface area contributed by atoms with Gasteiger partial charge in [-0.3, -0.25) is 0 Å². The minimum atomic E-state index is -0.905. The Balaban J connectivity index is 1.40. The van der Waals surface area contributed by atoms with Gasteiger partial charge in [0, 0.05) is 24.1 Å². The highest BCUT2D eigenvalue weighted by Crippen LogP contribution is 2.35. The van der Waals surface area contributed by atoms with Gasteiger partial charge in [0.25, 0.3) is 0 Å². The molecule has 3 N–H and O–H groups in total. The third kappa shape index (κ3) is 4.18. The lowest BCUT2D eigenvalue weighted by Gasteiger charge is -2.38. The van der Waals surface area contributed by atoms with Crippen molar-refractivity contribution in [1.82, 2.24) is 15.3 Å². The fourth-order valence-corrected chi connectivity index (χ4v) is 4.59. The van der Waals surface area contributed by atoms with Crippen molar-refractivity contribution in [2.75, 3.05) is 25.0 Å². The molecule has 1 aliphatic heterocycles. The van der Waals surface area contributed by atoms with Gasteiger partial charge < -0.3 is 15.6 Å². The molecule has 0 amide bonds. The van der Waals surface area contributed by atoms with Crippen molar-refractivity contribution in [3.63, 3.8) is 0 Å². The van der Waals surface area contributed by atoms with Crippen molar-refractivity contribution in [2.24, 2.45) is 0 Å². The maximum atomic E-state index is 13.5. The lowest BCUT2D eigenvalue weighted by atomic mass is 9.73. The van der Waals surface area contributed by atoms with Crippen LogP contribution in [-0.2, 0) is 5.41 Å². The zero-order valence-electron chi connectivity index (χ0n) is 18.0. The van der Waals surface area contributed by atoms with Gasteiger partial charge in [-0.2, -0.15) is 0 Å². The molecule has 0 atom stereocenters. The van der Waals surface area contributed by atoms with Crippen molar-refractivity contribution in [3.8, 4) is 11.1 Å². The second kappa shape index (κ2) is 8.64. The second-order valence-corrected chi connectivity index (χ2v) is 8.49. The Morgan fingerprint density at radius 1 is 0.970 bits per heavy atom. The number of H-pyrrole nitrogens is 1. The number of nitrogens with zero attached hydrogens (tertiary/aromatic N) is 2. The van der Waals surface area contributed by atoms with E-state index in [0.717, 1.165) is 49.2 Å². The molecular formula is C26H23F2N5. The highest BCUT2D eigenvalue weighted by Gasteiger charge is 2.34. The molecule has 1 aromatic heterocycles. The maximum Gasteiger partial charge on any atom is 0.201 e. The van der Waals surface area contributed by atoms with Crippen LogP contribution in [0.2, 0.25) is 0 Å². The van der Waals surface area contributed by atoms with Crippen molar-refractivity contribution in [1.29, 1.82) is 0 Å². The molecular weight excluding hydrogens is 420 g/mol. The van der Waals surface area contributed by atoms with Crippen LogP contribution in [-0.4, -0.2) is 29.6 Å². The van der Waals surface area contributed by atoms with Gasteiger partial charge in [0.05, 0.1) is 17.6 Å².